The molecule has 0 saturated heterocycles. The lowest BCUT2D eigenvalue weighted by molar-refractivity contribution is -0.118. The van der Waals surface area contributed by atoms with Gasteiger partial charge in [-0.15, -0.1) is 0 Å². The summed E-state index contributed by atoms with van der Waals surface area (Å²) in [6, 6.07) is 12.4. The lowest BCUT2D eigenvalue weighted by Gasteiger charge is -2.18. The largest absolute Gasteiger partial charge is 0.484 e. The van der Waals surface area contributed by atoms with Crippen LogP contribution in [-0.2, 0) is 4.79 Å². The number of ether oxygens (including phenoxy) is 1. The molecule has 0 fully saturated rings. The van der Waals surface area contributed by atoms with Crippen molar-refractivity contribution in [2.75, 3.05) is 38.1 Å². The fraction of sp³-hybridized carbons (Fsp3) is 0.364. The molecule has 156 valence electrons. The van der Waals surface area contributed by atoms with Crippen LogP contribution in [0.25, 0.3) is 0 Å². The highest BCUT2D eigenvalue weighted by Gasteiger charge is 2.08. The van der Waals surface area contributed by atoms with Gasteiger partial charge in [-0.1, -0.05) is 29.8 Å². The number of carbonyl (C=O) groups excluding carboxylic acids is 2. The second-order valence-corrected chi connectivity index (χ2v) is 7.46. The van der Waals surface area contributed by atoms with Crippen molar-refractivity contribution in [3.8, 4) is 5.75 Å². The molecule has 0 heterocycles. The van der Waals surface area contributed by atoms with Crippen molar-refractivity contribution in [3.05, 3.63) is 58.1 Å². The first-order valence-electron chi connectivity index (χ1n) is 9.72. The molecule has 7 heteroatoms. The van der Waals surface area contributed by atoms with Crippen LogP contribution in [0.2, 0.25) is 0 Å². The Hall–Kier alpha value is -2.38. The van der Waals surface area contributed by atoms with Crippen molar-refractivity contribution >= 4 is 33.4 Å². The molecule has 2 aromatic carbocycles. The summed E-state index contributed by atoms with van der Waals surface area (Å²) in [5.41, 5.74) is 2.21. The predicted octanol–water partition coefficient (Wildman–Crippen LogP) is 3.85. The van der Waals surface area contributed by atoms with E-state index in [0.717, 1.165) is 29.7 Å². The Labute approximate surface area is 180 Å². The maximum atomic E-state index is 12.2. The normalized spacial score (nSPS) is 10.7. The average molecular weight is 462 g/mol. The Kier molecular flexibility index (Phi) is 9.15. The third-order valence-electron chi connectivity index (χ3n) is 4.54. The highest BCUT2D eigenvalue weighted by Crippen LogP contribution is 2.21. The van der Waals surface area contributed by atoms with E-state index < -0.39 is 0 Å². The molecule has 0 radical (unpaired) electrons. The SMILES string of the molecule is CCN(CC)CCNC(=O)c1ccc(NC(=O)COc2ccc(Br)c(C)c2)cc1. The maximum absolute atomic E-state index is 12.2. The van der Waals surface area contributed by atoms with Gasteiger partial charge in [0.2, 0.25) is 0 Å². The maximum Gasteiger partial charge on any atom is 0.262 e. The van der Waals surface area contributed by atoms with E-state index in [1.807, 2.05) is 19.1 Å². The highest BCUT2D eigenvalue weighted by atomic mass is 79.9. The highest BCUT2D eigenvalue weighted by molar-refractivity contribution is 9.10. The topological polar surface area (TPSA) is 70.7 Å². The van der Waals surface area contributed by atoms with Gasteiger partial charge in [0.15, 0.2) is 6.61 Å². The third-order valence-corrected chi connectivity index (χ3v) is 5.43. The number of nitrogens with one attached hydrogen (secondary N) is 2. The molecule has 0 aliphatic carbocycles. The van der Waals surface area contributed by atoms with Gasteiger partial charge in [-0.3, -0.25) is 9.59 Å². The molecule has 2 amide bonds. The van der Waals surface area contributed by atoms with E-state index in [1.54, 1.807) is 30.3 Å². The summed E-state index contributed by atoms with van der Waals surface area (Å²) < 4.78 is 6.51. The summed E-state index contributed by atoms with van der Waals surface area (Å²) in [5, 5.41) is 5.68. The van der Waals surface area contributed by atoms with E-state index in [9.17, 15) is 9.59 Å². The molecule has 0 aliphatic rings. The molecule has 6 nitrogen and oxygen atoms in total. The van der Waals surface area contributed by atoms with E-state index in [2.05, 4.69) is 45.3 Å². The summed E-state index contributed by atoms with van der Waals surface area (Å²) in [5.74, 6) is 0.253. The lowest BCUT2D eigenvalue weighted by Crippen LogP contribution is -2.34. The first-order valence-corrected chi connectivity index (χ1v) is 10.5. The predicted molar refractivity (Wildman–Crippen MR) is 120 cm³/mol. The molecule has 2 N–H and O–H groups in total. The van der Waals surface area contributed by atoms with Gasteiger partial charge >= 0.3 is 0 Å². The van der Waals surface area contributed by atoms with E-state index in [4.69, 9.17) is 4.74 Å². The summed E-state index contributed by atoms with van der Waals surface area (Å²) >= 11 is 3.43. The zero-order valence-corrected chi connectivity index (χ0v) is 18.7. The summed E-state index contributed by atoms with van der Waals surface area (Å²) in [4.78, 5) is 26.5. The Morgan fingerprint density at radius 1 is 1.07 bits per heavy atom. The molecule has 0 aliphatic heterocycles. The van der Waals surface area contributed by atoms with Crippen molar-refractivity contribution < 1.29 is 14.3 Å². The number of amides is 2. The van der Waals surface area contributed by atoms with Crippen LogP contribution in [0, 0.1) is 6.92 Å². The lowest BCUT2D eigenvalue weighted by atomic mass is 10.2. The molecule has 29 heavy (non-hydrogen) atoms. The van der Waals surface area contributed by atoms with Crippen molar-refractivity contribution in [2.45, 2.75) is 20.8 Å². The number of aryl methyl sites for hydroxylation is 1. The van der Waals surface area contributed by atoms with Crippen molar-refractivity contribution in [1.82, 2.24) is 10.2 Å². The van der Waals surface area contributed by atoms with Crippen LogP contribution >= 0.6 is 15.9 Å². The zero-order valence-electron chi connectivity index (χ0n) is 17.1. The number of anilines is 1. The van der Waals surface area contributed by atoms with Crippen LogP contribution in [0.4, 0.5) is 5.69 Å². The number of carbonyl (C=O) groups is 2. The van der Waals surface area contributed by atoms with Crippen molar-refractivity contribution in [3.63, 3.8) is 0 Å². The number of halogens is 1. The Bertz CT molecular complexity index is 821. The smallest absolute Gasteiger partial charge is 0.262 e. The molecule has 0 bridgehead atoms. The second-order valence-electron chi connectivity index (χ2n) is 6.61. The Balaban J connectivity index is 1.79. The van der Waals surface area contributed by atoms with Crippen LogP contribution in [0.3, 0.4) is 0 Å². The van der Waals surface area contributed by atoms with E-state index >= 15 is 0 Å². The summed E-state index contributed by atoms with van der Waals surface area (Å²) in [6.07, 6.45) is 0. The molecule has 2 aromatic rings. The molecular formula is C22H28BrN3O3. The standard InChI is InChI=1S/C22H28BrN3O3/c1-4-26(5-2)13-12-24-22(28)17-6-8-18(9-7-17)25-21(27)15-29-19-10-11-20(23)16(3)14-19/h6-11,14H,4-5,12-13,15H2,1-3H3,(H,24,28)(H,25,27). The molecular weight excluding hydrogens is 434 g/mol. The van der Waals surface area contributed by atoms with Crippen molar-refractivity contribution in [2.24, 2.45) is 0 Å². The first-order chi connectivity index (χ1) is 13.9. The van der Waals surface area contributed by atoms with Crippen LogP contribution in [-0.4, -0.2) is 49.5 Å². The quantitative estimate of drug-likeness (QED) is 0.563. The minimum absolute atomic E-state index is 0.0886. The number of hydrogen-bond donors (Lipinski definition) is 2. The van der Waals surface area contributed by atoms with Gasteiger partial charge in [-0.2, -0.15) is 0 Å². The molecule has 0 aromatic heterocycles. The van der Waals surface area contributed by atoms with Crippen LogP contribution in [0.15, 0.2) is 46.9 Å². The first kappa shape index (κ1) is 22.9. The second kappa shape index (κ2) is 11.6. The number of rotatable bonds is 10. The van der Waals surface area contributed by atoms with Gasteiger partial charge in [0, 0.05) is 28.8 Å². The molecule has 0 atom stereocenters. The number of benzene rings is 2. The fourth-order valence-electron chi connectivity index (χ4n) is 2.73. The summed E-state index contributed by atoms with van der Waals surface area (Å²) in [6.45, 7) is 9.42. The van der Waals surface area contributed by atoms with Gasteiger partial charge in [-0.25, -0.2) is 0 Å². The Morgan fingerprint density at radius 2 is 1.76 bits per heavy atom. The van der Waals surface area contributed by atoms with Crippen molar-refractivity contribution in [1.29, 1.82) is 0 Å². The number of nitrogens with zero attached hydrogens (tertiary/aromatic N) is 1. The monoisotopic (exact) mass is 461 g/mol. The van der Waals surface area contributed by atoms with Gasteiger partial charge < -0.3 is 20.3 Å². The van der Waals surface area contributed by atoms with E-state index in [1.165, 1.54) is 0 Å². The zero-order chi connectivity index (χ0) is 21.2. The van der Waals surface area contributed by atoms with Gasteiger partial charge in [-0.05, 0) is 68.0 Å². The molecule has 0 saturated carbocycles. The van der Waals surface area contributed by atoms with Crippen LogP contribution < -0.4 is 15.4 Å². The number of hydrogen-bond acceptors (Lipinski definition) is 4. The fourth-order valence-corrected chi connectivity index (χ4v) is 2.97. The number of likely N-dealkylation sites (N-methyl/N-ethyl adjacent to an activating group) is 1. The minimum Gasteiger partial charge on any atom is -0.484 e. The van der Waals surface area contributed by atoms with Crippen LogP contribution in [0.1, 0.15) is 29.8 Å². The average Bonchev–Trinajstić information content (AvgIpc) is 2.72. The van der Waals surface area contributed by atoms with E-state index in [-0.39, 0.29) is 18.4 Å². The van der Waals surface area contributed by atoms with E-state index in [0.29, 0.717) is 23.5 Å². The Morgan fingerprint density at radius 3 is 2.38 bits per heavy atom. The molecule has 0 spiro atoms. The van der Waals surface area contributed by atoms with Crippen LogP contribution in [0.5, 0.6) is 5.75 Å². The minimum atomic E-state index is -0.262. The van der Waals surface area contributed by atoms with Gasteiger partial charge in [0.05, 0.1) is 0 Å². The molecule has 2 rings (SSSR count). The van der Waals surface area contributed by atoms with Gasteiger partial charge in [0.25, 0.3) is 11.8 Å². The molecule has 0 unspecified atom stereocenters. The third kappa shape index (κ3) is 7.51. The summed E-state index contributed by atoms with van der Waals surface area (Å²) in [7, 11) is 0. The van der Waals surface area contributed by atoms with Gasteiger partial charge in [0.1, 0.15) is 5.75 Å².